The molecule has 0 radical (unpaired) electrons. The fraction of sp³-hybridized carbons (Fsp3) is 0.412. The number of rotatable bonds is 2. The average molecular weight is 352 g/mol. The molecule has 1 aromatic carbocycles. The quantitative estimate of drug-likeness (QED) is 0.904. The van der Waals surface area contributed by atoms with Crippen molar-refractivity contribution in [3.63, 3.8) is 0 Å². The zero-order chi connectivity index (χ0) is 18.0. The Bertz CT molecular complexity index is 761. The van der Waals surface area contributed by atoms with Crippen LogP contribution in [-0.4, -0.2) is 46.8 Å². The zero-order valence-corrected chi connectivity index (χ0v) is 13.8. The predicted molar refractivity (Wildman–Crippen MR) is 86.7 cm³/mol. The summed E-state index contributed by atoms with van der Waals surface area (Å²) in [5, 5.41) is 7.02. The van der Waals surface area contributed by atoms with Crippen molar-refractivity contribution in [2.75, 3.05) is 26.2 Å². The monoisotopic (exact) mass is 352 g/mol. The van der Waals surface area contributed by atoms with Gasteiger partial charge in [0.25, 0.3) is 5.91 Å². The van der Waals surface area contributed by atoms with E-state index in [1.807, 2.05) is 0 Å². The minimum Gasteiger partial charge on any atom is -0.337 e. The molecule has 25 heavy (non-hydrogen) atoms. The van der Waals surface area contributed by atoms with Gasteiger partial charge in [0, 0.05) is 19.6 Å². The van der Waals surface area contributed by atoms with E-state index in [1.54, 1.807) is 31.2 Å². The Labute approximate surface area is 143 Å². The number of aromatic nitrogens is 2. The highest BCUT2D eigenvalue weighted by molar-refractivity contribution is 5.95. The highest BCUT2D eigenvalue weighted by atomic mass is 19.4. The van der Waals surface area contributed by atoms with E-state index in [0.29, 0.717) is 37.3 Å². The van der Waals surface area contributed by atoms with Crippen LogP contribution in [0.1, 0.15) is 28.0 Å². The Kier molecular flexibility index (Phi) is 4.80. The second kappa shape index (κ2) is 6.87. The van der Waals surface area contributed by atoms with Crippen LogP contribution in [0.5, 0.6) is 0 Å². The molecule has 0 spiro atoms. The van der Waals surface area contributed by atoms with E-state index < -0.39 is 23.3 Å². The average Bonchev–Trinajstić information content (AvgIpc) is 2.83. The first-order valence-electron chi connectivity index (χ1n) is 8.11. The summed E-state index contributed by atoms with van der Waals surface area (Å²) in [6.07, 6.45) is -2.96. The van der Waals surface area contributed by atoms with Gasteiger partial charge in [0.05, 0.1) is 17.4 Å². The Hall–Kier alpha value is -2.35. The van der Waals surface area contributed by atoms with Gasteiger partial charge in [-0.25, -0.2) is 4.68 Å². The van der Waals surface area contributed by atoms with Crippen LogP contribution in [0.2, 0.25) is 0 Å². The lowest BCUT2D eigenvalue weighted by atomic mass is 10.1. The molecule has 1 amide bonds. The van der Waals surface area contributed by atoms with Crippen molar-refractivity contribution in [3.8, 4) is 5.69 Å². The number of nitrogens with one attached hydrogen (secondary N) is 1. The summed E-state index contributed by atoms with van der Waals surface area (Å²) in [5.74, 6) is -0.629. The highest BCUT2D eigenvalue weighted by Gasteiger charge is 2.41. The Morgan fingerprint density at radius 1 is 1.20 bits per heavy atom. The number of para-hydroxylation sites is 1. The molecule has 1 aliphatic heterocycles. The second-order valence-electron chi connectivity index (χ2n) is 6.00. The largest absolute Gasteiger partial charge is 0.434 e. The summed E-state index contributed by atoms with van der Waals surface area (Å²) < 4.78 is 42.0. The molecule has 3 rings (SSSR count). The number of alkyl halides is 3. The number of carbonyl (C=O) groups excluding carboxylic acids is 1. The SMILES string of the molecule is Cc1ccccc1-n1ncc(C(=O)N2CCCNCC2)c1C(F)(F)F. The number of hydrogen-bond acceptors (Lipinski definition) is 3. The molecule has 0 unspecified atom stereocenters. The fourth-order valence-electron chi connectivity index (χ4n) is 2.98. The molecule has 0 bridgehead atoms. The molecule has 2 aromatic rings. The molecule has 134 valence electrons. The van der Waals surface area contributed by atoms with Crippen LogP contribution in [0.3, 0.4) is 0 Å². The van der Waals surface area contributed by atoms with Gasteiger partial charge in [-0.2, -0.15) is 18.3 Å². The number of hydrogen-bond donors (Lipinski definition) is 1. The summed E-state index contributed by atoms with van der Waals surface area (Å²) in [7, 11) is 0. The number of amides is 1. The molecular weight excluding hydrogens is 333 g/mol. The molecule has 0 saturated carbocycles. The van der Waals surface area contributed by atoms with Crippen molar-refractivity contribution >= 4 is 5.91 Å². The van der Waals surface area contributed by atoms with Gasteiger partial charge in [-0.05, 0) is 31.5 Å². The lowest BCUT2D eigenvalue weighted by Crippen LogP contribution is -2.35. The van der Waals surface area contributed by atoms with Crippen LogP contribution in [0.25, 0.3) is 5.69 Å². The third kappa shape index (κ3) is 3.53. The molecule has 1 aromatic heterocycles. The minimum atomic E-state index is -4.69. The molecule has 8 heteroatoms. The Balaban J connectivity index is 2.06. The maximum absolute atomic E-state index is 13.7. The number of halogens is 3. The molecule has 1 fully saturated rings. The molecule has 0 aliphatic carbocycles. The predicted octanol–water partition coefficient (Wildman–Crippen LogP) is 2.64. The van der Waals surface area contributed by atoms with Crippen molar-refractivity contribution in [1.82, 2.24) is 20.0 Å². The summed E-state index contributed by atoms with van der Waals surface area (Å²) in [6, 6.07) is 6.65. The zero-order valence-electron chi connectivity index (χ0n) is 13.8. The second-order valence-corrected chi connectivity index (χ2v) is 6.00. The first-order chi connectivity index (χ1) is 11.9. The Morgan fingerprint density at radius 2 is 1.96 bits per heavy atom. The number of nitrogens with zero attached hydrogens (tertiary/aromatic N) is 3. The van der Waals surface area contributed by atoms with Crippen LogP contribution in [0.15, 0.2) is 30.5 Å². The van der Waals surface area contributed by atoms with Gasteiger partial charge in [-0.3, -0.25) is 4.79 Å². The van der Waals surface area contributed by atoms with Crippen molar-refractivity contribution in [2.24, 2.45) is 0 Å². The van der Waals surface area contributed by atoms with Crippen LogP contribution in [0.4, 0.5) is 13.2 Å². The summed E-state index contributed by atoms with van der Waals surface area (Å²) in [5.41, 5.74) is -0.470. The normalized spacial score (nSPS) is 15.9. The van der Waals surface area contributed by atoms with E-state index >= 15 is 0 Å². The summed E-state index contributed by atoms with van der Waals surface area (Å²) in [6.45, 7) is 3.83. The lowest BCUT2D eigenvalue weighted by molar-refractivity contribution is -0.143. The first kappa shape index (κ1) is 17.5. The van der Waals surface area contributed by atoms with Gasteiger partial charge in [-0.15, -0.1) is 0 Å². The molecule has 1 aliphatic rings. The lowest BCUT2D eigenvalue weighted by Gasteiger charge is -2.21. The van der Waals surface area contributed by atoms with Crippen LogP contribution >= 0.6 is 0 Å². The molecule has 2 heterocycles. The summed E-state index contributed by atoms with van der Waals surface area (Å²) >= 11 is 0. The minimum absolute atomic E-state index is 0.311. The van der Waals surface area contributed by atoms with E-state index in [0.717, 1.165) is 17.4 Å². The third-order valence-electron chi connectivity index (χ3n) is 4.24. The van der Waals surface area contributed by atoms with E-state index in [9.17, 15) is 18.0 Å². The molecule has 0 atom stereocenters. The van der Waals surface area contributed by atoms with Crippen LogP contribution in [-0.2, 0) is 6.18 Å². The maximum Gasteiger partial charge on any atom is 0.434 e. The molecule has 1 saturated heterocycles. The highest BCUT2D eigenvalue weighted by Crippen LogP contribution is 2.34. The fourth-order valence-corrected chi connectivity index (χ4v) is 2.98. The smallest absolute Gasteiger partial charge is 0.337 e. The van der Waals surface area contributed by atoms with Gasteiger partial charge >= 0.3 is 6.18 Å². The topological polar surface area (TPSA) is 50.2 Å². The van der Waals surface area contributed by atoms with Gasteiger partial charge in [0.15, 0.2) is 5.69 Å². The van der Waals surface area contributed by atoms with Crippen LogP contribution < -0.4 is 5.32 Å². The van der Waals surface area contributed by atoms with Gasteiger partial charge in [0.2, 0.25) is 0 Å². The van der Waals surface area contributed by atoms with E-state index in [4.69, 9.17) is 0 Å². The molecule has 5 nitrogen and oxygen atoms in total. The van der Waals surface area contributed by atoms with E-state index in [2.05, 4.69) is 10.4 Å². The summed E-state index contributed by atoms with van der Waals surface area (Å²) in [4.78, 5) is 14.1. The number of carbonyl (C=O) groups is 1. The van der Waals surface area contributed by atoms with Crippen molar-refractivity contribution < 1.29 is 18.0 Å². The van der Waals surface area contributed by atoms with Crippen molar-refractivity contribution in [1.29, 1.82) is 0 Å². The Morgan fingerprint density at radius 3 is 2.68 bits per heavy atom. The van der Waals surface area contributed by atoms with Crippen molar-refractivity contribution in [3.05, 3.63) is 47.3 Å². The van der Waals surface area contributed by atoms with Gasteiger partial charge in [0.1, 0.15) is 0 Å². The number of aryl methyl sites for hydroxylation is 1. The van der Waals surface area contributed by atoms with Gasteiger partial charge < -0.3 is 10.2 Å². The maximum atomic E-state index is 13.7. The number of benzene rings is 1. The van der Waals surface area contributed by atoms with Gasteiger partial charge in [-0.1, -0.05) is 18.2 Å². The standard InChI is InChI=1S/C17H19F3N4O/c1-12-5-2-3-6-14(12)24-15(17(18,19)20)13(11-22-24)16(25)23-9-4-7-21-8-10-23/h2-3,5-6,11,21H,4,7-10H2,1H3. The van der Waals surface area contributed by atoms with Crippen LogP contribution in [0, 0.1) is 6.92 Å². The van der Waals surface area contributed by atoms with Crippen molar-refractivity contribution in [2.45, 2.75) is 19.5 Å². The molecular formula is C17H19F3N4O. The first-order valence-corrected chi connectivity index (χ1v) is 8.11. The molecule has 1 N–H and O–H groups in total. The third-order valence-corrected chi connectivity index (χ3v) is 4.24. The van der Waals surface area contributed by atoms with E-state index in [-0.39, 0.29) is 0 Å². The van der Waals surface area contributed by atoms with E-state index in [1.165, 1.54) is 4.90 Å².